The molecule has 12 heavy (non-hydrogen) atoms. The minimum atomic E-state index is 0.154. The van der Waals surface area contributed by atoms with Crippen LogP contribution >= 0.6 is 15.9 Å². The topological polar surface area (TPSA) is 46.2 Å². The maximum atomic E-state index is 9.20. The molecule has 0 aliphatic carbocycles. The van der Waals surface area contributed by atoms with Gasteiger partial charge in [0.2, 0.25) is 0 Å². The van der Waals surface area contributed by atoms with E-state index in [0.717, 1.165) is 16.5 Å². The van der Waals surface area contributed by atoms with Crippen molar-refractivity contribution in [1.82, 2.24) is 0 Å². The molecule has 0 radical (unpaired) electrons. The van der Waals surface area contributed by atoms with Crippen LogP contribution in [-0.4, -0.2) is 11.1 Å². The second-order valence-electron chi connectivity index (χ2n) is 2.97. The number of nitrogens with two attached hydrogens (primary N) is 1. The summed E-state index contributed by atoms with van der Waals surface area (Å²) in [6, 6.07) is 5.59. The summed E-state index contributed by atoms with van der Waals surface area (Å²) in [4.78, 5) is 0. The lowest BCUT2D eigenvalue weighted by atomic mass is 10.1. The normalized spacial score (nSPS) is 12.9. The van der Waals surface area contributed by atoms with Gasteiger partial charge in [-0.3, -0.25) is 0 Å². The van der Waals surface area contributed by atoms with Gasteiger partial charge in [0, 0.05) is 6.04 Å². The van der Waals surface area contributed by atoms with E-state index in [1.165, 1.54) is 0 Å². The fraction of sp³-hybridized carbons (Fsp3) is 0.333. The van der Waals surface area contributed by atoms with Crippen molar-refractivity contribution in [3.05, 3.63) is 28.2 Å². The van der Waals surface area contributed by atoms with Gasteiger partial charge in [-0.05, 0) is 47.0 Å². The fourth-order valence-electron chi connectivity index (χ4n) is 1.05. The molecule has 0 bridgehead atoms. The van der Waals surface area contributed by atoms with E-state index in [1.807, 2.05) is 19.1 Å². The quantitative estimate of drug-likeness (QED) is 0.816. The average molecular weight is 230 g/mol. The zero-order valence-corrected chi connectivity index (χ0v) is 8.51. The zero-order valence-electron chi connectivity index (χ0n) is 6.92. The van der Waals surface area contributed by atoms with Crippen LogP contribution in [0.2, 0.25) is 0 Å². The minimum Gasteiger partial charge on any atom is -0.507 e. The van der Waals surface area contributed by atoms with Crippen molar-refractivity contribution in [2.75, 3.05) is 0 Å². The Bertz CT molecular complexity index is 273. The molecule has 1 aromatic rings. The highest BCUT2D eigenvalue weighted by molar-refractivity contribution is 9.10. The van der Waals surface area contributed by atoms with E-state index in [2.05, 4.69) is 15.9 Å². The summed E-state index contributed by atoms with van der Waals surface area (Å²) < 4.78 is 0.723. The van der Waals surface area contributed by atoms with E-state index in [-0.39, 0.29) is 11.8 Å². The fourth-order valence-corrected chi connectivity index (χ4v) is 1.48. The number of hydrogen-bond donors (Lipinski definition) is 2. The van der Waals surface area contributed by atoms with Gasteiger partial charge in [-0.15, -0.1) is 0 Å². The van der Waals surface area contributed by atoms with Gasteiger partial charge in [-0.2, -0.15) is 0 Å². The lowest BCUT2D eigenvalue weighted by Crippen LogP contribution is -2.17. The third kappa shape index (κ3) is 2.50. The highest BCUT2D eigenvalue weighted by Crippen LogP contribution is 2.24. The van der Waals surface area contributed by atoms with Gasteiger partial charge in [-0.25, -0.2) is 0 Å². The molecule has 0 amide bonds. The summed E-state index contributed by atoms with van der Waals surface area (Å²) in [6.45, 7) is 1.96. The predicted octanol–water partition coefficient (Wildman–Crippen LogP) is 2.04. The monoisotopic (exact) mass is 229 g/mol. The standard InChI is InChI=1S/C9H12BrNO/c1-6(11)4-7-2-3-9(12)8(10)5-7/h2-3,5-6,12H,4,11H2,1H3/t6-/m0/s1. The minimum absolute atomic E-state index is 0.154. The third-order valence-electron chi connectivity index (χ3n) is 1.57. The molecule has 1 aromatic carbocycles. The van der Waals surface area contributed by atoms with Crippen molar-refractivity contribution < 1.29 is 5.11 Å². The van der Waals surface area contributed by atoms with Gasteiger partial charge in [0.15, 0.2) is 0 Å². The van der Waals surface area contributed by atoms with Gasteiger partial charge in [-0.1, -0.05) is 6.07 Å². The second kappa shape index (κ2) is 3.92. The summed E-state index contributed by atoms with van der Waals surface area (Å²) in [5.74, 6) is 0.267. The molecular formula is C9H12BrNO. The number of phenolic OH excluding ortho intramolecular Hbond substituents is 1. The molecule has 0 spiro atoms. The first-order valence-electron chi connectivity index (χ1n) is 3.82. The number of aromatic hydroxyl groups is 1. The van der Waals surface area contributed by atoms with Crippen LogP contribution < -0.4 is 5.73 Å². The van der Waals surface area contributed by atoms with Crippen LogP contribution in [0.25, 0.3) is 0 Å². The largest absolute Gasteiger partial charge is 0.507 e. The summed E-state index contributed by atoms with van der Waals surface area (Å²) in [7, 11) is 0. The molecule has 0 saturated heterocycles. The van der Waals surface area contributed by atoms with E-state index >= 15 is 0 Å². The smallest absolute Gasteiger partial charge is 0.129 e. The van der Waals surface area contributed by atoms with Crippen LogP contribution in [0.5, 0.6) is 5.75 Å². The lowest BCUT2D eigenvalue weighted by molar-refractivity contribution is 0.471. The first-order valence-corrected chi connectivity index (χ1v) is 4.62. The van der Waals surface area contributed by atoms with Crippen molar-refractivity contribution in [1.29, 1.82) is 0 Å². The van der Waals surface area contributed by atoms with E-state index < -0.39 is 0 Å². The molecular weight excluding hydrogens is 218 g/mol. The van der Waals surface area contributed by atoms with Crippen LogP contribution in [0.15, 0.2) is 22.7 Å². The summed E-state index contributed by atoms with van der Waals surface area (Å²) in [5.41, 5.74) is 6.77. The maximum Gasteiger partial charge on any atom is 0.129 e. The van der Waals surface area contributed by atoms with Gasteiger partial charge in [0.05, 0.1) is 4.47 Å². The summed E-state index contributed by atoms with van der Waals surface area (Å²) >= 11 is 3.25. The van der Waals surface area contributed by atoms with Crippen molar-refractivity contribution in [2.45, 2.75) is 19.4 Å². The first-order chi connectivity index (χ1) is 5.59. The zero-order chi connectivity index (χ0) is 9.14. The summed E-state index contributed by atoms with van der Waals surface area (Å²) in [6.07, 6.45) is 0.832. The van der Waals surface area contributed by atoms with Gasteiger partial charge >= 0.3 is 0 Å². The lowest BCUT2D eigenvalue weighted by Gasteiger charge is -2.05. The van der Waals surface area contributed by atoms with E-state index in [4.69, 9.17) is 5.73 Å². The van der Waals surface area contributed by atoms with E-state index in [9.17, 15) is 5.11 Å². The Morgan fingerprint density at radius 3 is 2.75 bits per heavy atom. The molecule has 0 fully saturated rings. The molecule has 66 valence electrons. The molecule has 3 N–H and O–H groups in total. The van der Waals surface area contributed by atoms with E-state index in [0.29, 0.717) is 0 Å². The highest BCUT2D eigenvalue weighted by Gasteiger charge is 2.01. The van der Waals surface area contributed by atoms with Crippen LogP contribution in [0.3, 0.4) is 0 Å². The summed E-state index contributed by atoms with van der Waals surface area (Å²) in [5, 5.41) is 9.20. The number of halogens is 1. The molecule has 0 aromatic heterocycles. The Balaban J connectivity index is 2.82. The Hall–Kier alpha value is -0.540. The van der Waals surface area contributed by atoms with Crippen molar-refractivity contribution >= 4 is 15.9 Å². The Morgan fingerprint density at radius 2 is 2.25 bits per heavy atom. The second-order valence-corrected chi connectivity index (χ2v) is 3.82. The Morgan fingerprint density at radius 1 is 1.58 bits per heavy atom. The van der Waals surface area contributed by atoms with Gasteiger partial charge in [0.25, 0.3) is 0 Å². The molecule has 0 saturated carbocycles. The van der Waals surface area contributed by atoms with Gasteiger partial charge < -0.3 is 10.8 Å². The van der Waals surface area contributed by atoms with Crippen LogP contribution in [0.1, 0.15) is 12.5 Å². The Kier molecular flexibility index (Phi) is 3.12. The number of rotatable bonds is 2. The maximum absolute atomic E-state index is 9.20. The van der Waals surface area contributed by atoms with Gasteiger partial charge in [0.1, 0.15) is 5.75 Å². The molecule has 1 rings (SSSR count). The molecule has 0 aliphatic heterocycles. The molecule has 0 unspecified atom stereocenters. The van der Waals surface area contributed by atoms with Crippen LogP contribution in [0, 0.1) is 0 Å². The number of hydrogen-bond acceptors (Lipinski definition) is 2. The van der Waals surface area contributed by atoms with Crippen molar-refractivity contribution in [3.63, 3.8) is 0 Å². The predicted molar refractivity (Wildman–Crippen MR) is 53.2 cm³/mol. The van der Waals surface area contributed by atoms with Crippen molar-refractivity contribution in [2.24, 2.45) is 5.73 Å². The SMILES string of the molecule is C[C@H](N)Cc1ccc(O)c(Br)c1. The average Bonchev–Trinajstić information content (AvgIpc) is 1.96. The van der Waals surface area contributed by atoms with Crippen LogP contribution in [0.4, 0.5) is 0 Å². The number of benzene rings is 1. The molecule has 1 atom stereocenters. The first kappa shape index (κ1) is 9.55. The highest BCUT2D eigenvalue weighted by atomic mass is 79.9. The number of phenols is 1. The molecule has 2 nitrogen and oxygen atoms in total. The van der Waals surface area contributed by atoms with Crippen LogP contribution in [-0.2, 0) is 6.42 Å². The molecule has 3 heteroatoms. The Labute approximate surface area is 80.5 Å². The molecule has 0 aliphatic rings. The van der Waals surface area contributed by atoms with E-state index in [1.54, 1.807) is 6.07 Å². The third-order valence-corrected chi connectivity index (χ3v) is 2.20. The van der Waals surface area contributed by atoms with Crippen molar-refractivity contribution in [3.8, 4) is 5.75 Å². The molecule has 0 heterocycles.